The van der Waals surface area contributed by atoms with Gasteiger partial charge in [0.1, 0.15) is 12.4 Å². The van der Waals surface area contributed by atoms with Crippen molar-refractivity contribution in [2.45, 2.75) is 24.8 Å². The van der Waals surface area contributed by atoms with Crippen LogP contribution in [0.1, 0.15) is 13.8 Å². The molecule has 0 spiro atoms. The van der Waals surface area contributed by atoms with Crippen LogP contribution in [0.25, 0.3) is 0 Å². The summed E-state index contributed by atoms with van der Waals surface area (Å²) >= 11 is 6.02. The Balaban J connectivity index is 1.91. The third-order valence-electron chi connectivity index (χ3n) is 4.08. The van der Waals surface area contributed by atoms with E-state index in [9.17, 15) is 18.0 Å². The number of benzene rings is 2. The minimum Gasteiger partial charge on any atom is -0.490 e. The lowest BCUT2D eigenvalue weighted by Crippen LogP contribution is -2.46. The Labute approximate surface area is 181 Å². The summed E-state index contributed by atoms with van der Waals surface area (Å²) in [5.41, 5.74) is 0.476. The fourth-order valence-electron chi connectivity index (χ4n) is 2.57. The van der Waals surface area contributed by atoms with Gasteiger partial charge in [0, 0.05) is 19.7 Å². The number of hydrogen-bond acceptors (Lipinski definition) is 5. The number of nitrogens with zero attached hydrogens (tertiary/aromatic N) is 1. The summed E-state index contributed by atoms with van der Waals surface area (Å²) in [6.07, 6.45) is 0. The van der Waals surface area contributed by atoms with Gasteiger partial charge >= 0.3 is 0 Å². The van der Waals surface area contributed by atoms with Gasteiger partial charge in [0.15, 0.2) is 0 Å². The Morgan fingerprint density at radius 2 is 1.77 bits per heavy atom. The highest BCUT2D eigenvalue weighted by molar-refractivity contribution is 7.89. The number of rotatable bonds is 9. The average Bonchev–Trinajstić information content (AvgIpc) is 2.68. The van der Waals surface area contributed by atoms with Crippen molar-refractivity contribution in [3.8, 4) is 5.75 Å². The van der Waals surface area contributed by atoms with Crippen molar-refractivity contribution in [2.75, 3.05) is 25.5 Å². The normalized spacial score (nSPS) is 12.1. The molecule has 0 saturated heterocycles. The molecule has 2 amide bonds. The molecule has 30 heavy (non-hydrogen) atoms. The van der Waals surface area contributed by atoms with Gasteiger partial charge in [-0.25, -0.2) is 8.42 Å². The highest BCUT2D eigenvalue weighted by atomic mass is 35.5. The van der Waals surface area contributed by atoms with Crippen LogP contribution < -0.4 is 14.8 Å². The quantitative estimate of drug-likeness (QED) is 0.607. The highest BCUT2D eigenvalue weighted by Gasteiger charge is 2.24. The SMILES string of the molecule is CC(=O)Nc1ccc(S(=O)(=O)N[C@@H](C)C(=O)N(C)CCOc2ccccc2Cl)cc1. The van der Waals surface area contributed by atoms with Crippen molar-refractivity contribution in [1.29, 1.82) is 0 Å². The fourth-order valence-corrected chi connectivity index (χ4v) is 3.95. The maximum atomic E-state index is 12.5. The second-order valence-corrected chi connectivity index (χ2v) is 8.71. The third kappa shape index (κ3) is 6.72. The van der Waals surface area contributed by atoms with Crippen molar-refractivity contribution in [3.05, 3.63) is 53.6 Å². The van der Waals surface area contributed by atoms with E-state index in [1.165, 1.54) is 43.0 Å². The van der Waals surface area contributed by atoms with Gasteiger partial charge in [-0.3, -0.25) is 9.59 Å². The lowest BCUT2D eigenvalue weighted by atomic mass is 10.3. The minimum absolute atomic E-state index is 0.0130. The molecule has 0 radical (unpaired) electrons. The number of nitrogens with one attached hydrogen (secondary N) is 2. The summed E-state index contributed by atoms with van der Waals surface area (Å²) in [5.74, 6) is -0.155. The first-order valence-corrected chi connectivity index (χ1v) is 11.0. The zero-order chi connectivity index (χ0) is 22.3. The number of carbonyl (C=O) groups excluding carboxylic acids is 2. The van der Waals surface area contributed by atoms with Crippen LogP contribution in [0.2, 0.25) is 5.02 Å². The van der Waals surface area contributed by atoms with Crippen LogP contribution >= 0.6 is 11.6 Å². The molecule has 0 unspecified atom stereocenters. The number of carbonyl (C=O) groups is 2. The summed E-state index contributed by atoms with van der Waals surface area (Å²) in [5, 5.41) is 3.03. The highest BCUT2D eigenvalue weighted by Crippen LogP contribution is 2.22. The topological polar surface area (TPSA) is 105 Å². The summed E-state index contributed by atoms with van der Waals surface area (Å²) < 4.78 is 33.0. The Morgan fingerprint density at radius 3 is 2.37 bits per heavy atom. The Morgan fingerprint density at radius 1 is 1.13 bits per heavy atom. The van der Waals surface area contributed by atoms with Gasteiger partial charge in [-0.05, 0) is 43.3 Å². The number of sulfonamides is 1. The van der Waals surface area contributed by atoms with E-state index >= 15 is 0 Å². The van der Waals surface area contributed by atoms with Gasteiger partial charge < -0.3 is 15.0 Å². The van der Waals surface area contributed by atoms with Crippen molar-refractivity contribution >= 4 is 39.1 Å². The van der Waals surface area contributed by atoms with E-state index in [0.29, 0.717) is 16.5 Å². The molecule has 0 aliphatic carbocycles. The second kappa shape index (κ2) is 10.4. The summed E-state index contributed by atoms with van der Waals surface area (Å²) in [4.78, 5) is 24.9. The fraction of sp³-hybridized carbons (Fsp3) is 0.300. The molecule has 0 aliphatic heterocycles. The van der Waals surface area contributed by atoms with E-state index in [2.05, 4.69) is 10.0 Å². The molecule has 0 heterocycles. The van der Waals surface area contributed by atoms with E-state index in [-0.39, 0.29) is 24.0 Å². The largest absolute Gasteiger partial charge is 0.490 e. The van der Waals surface area contributed by atoms with Crippen molar-refractivity contribution < 1.29 is 22.7 Å². The van der Waals surface area contributed by atoms with Gasteiger partial charge in [0.2, 0.25) is 21.8 Å². The second-order valence-electron chi connectivity index (χ2n) is 6.59. The molecular weight excluding hydrogens is 430 g/mol. The van der Waals surface area contributed by atoms with E-state index < -0.39 is 22.0 Å². The molecular formula is C20H24ClN3O5S. The average molecular weight is 454 g/mol. The molecule has 0 aliphatic rings. The Hall–Kier alpha value is -2.62. The molecule has 0 bridgehead atoms. The number of hydrogen-bond donors (Lipinski definition) is 2. The molecule has 2 aromatic carbocycles. The van der Waals surface area contributed by atoms with Gasteiger partial charge in [-0.1, -0.05) is 23.7 Å². The van der Waals surface area contributed by atoms with E-state index in [4.69, 9.17) is 16.3 Å². The molecule has 162 valence electrons. The predicted molar refractivity (Wildman–Crippen MR) is 115 cm³/mol. The molecule has 2 N–H and O–H groups in total. The van der Waals surface area contributed by atoms with Gasteiger partial charge in [-0.15, -0.1) is 0 Å². The van der Waals surface area contributed by atoms with Crippen LogP contribution in [0, 0.1) is 0 Å². The maximum Gasteiger partial charge on any atom is 0.241 e. The number of anilines is 1. The van der Waals surface area contributed by atoms with Crippen LogP contribution in [0.5, 0.6) is 5.75 Å². The van der Waals surface area contributed by atoms with Crippen LogP contribution in [-0.2, 0) is 19.6 Å². The predicted octanol–water partition coefficient (Wildman–Crippen LogP) is 2.50. The zero-order valence-electron chi connectivity index (χ0n) is 16.9. The molecule has 0 saturated carbocycles. The molecule has 2 aromatic rings. The number of likely N-dealkylation sites (N-methyl/N-ethyl adjacent to an activating group) is 1. The van der Waals surface area contributed by atoms with Crippen LogP contribution in [0.15, 0.2) is 53.4 Å². The first-order chi connectivity index (χ1) is 14.1. The van der Waals surface area contributed by atoms with Crippen LogP contribution in [-0.4, -0.2) is 51.4 Å². The summed E-state index contributed by atoms with van der Waals surface area (Å²) in [6.45, 7) is 3.28. The van der Waals surface area contributed by atoms with Crippen molar-refractivity contribution in [1.82, 2.24) is 9.62 Å². The smallest absolute Gasteiger partial charge is 0.241 e. The van der Waals surface area contributed by atoms with E-state index in [1.807, 2.05) is 0 Å². The molecule has 0 fully saturated rings. The van der Waals surface area contributed by atoms with Crippen LogP contribution in [0.4, 0.5) is 5.69 Å². The minimum atomic E-state index is -3.91. The lowest BCUT2D eigenvalue weighted by molar-refractivity contribution is -0.131. The van der Waals surface area contributed by atoms with Gasteiger partial charge in [0.05, 0.1) is 22.5 Å². The standard InChI is InChI=1S/C20H24ClN3O5S/c1-14(20(26)24(3)12-13-29-19-7-5-4-6-18(19)21)23-30(27,28)17-10-8-16(9-11-17)22-15(2)25/h4-11,14,23H,12-13H2,1-3H3,(H,22,25)/t14-/m0/s1. The summed E-state index contributed by atoms with van der Waals surface area (Å²) in [6, 6.07) is 11.7. The summed E-state index contributed by atoms with van der Waals surface area (Å²) in [7, 11) is -2.35. The Kier molecular flexibility index (Phi) is 8.22. The number of halogens is 1. The van der Waals surface area contributed by atoms with Gasteiger partial charge in [-0.2, -0.15) is 4.72 Å². The number of amides is 2. The van der Waals surface area contributed by atoms with E-state index in [0.717, 1.165) is 0 Å². The van der Waals surface area contributed by atoms with Crippen molar-refractivity contribution in [2.24, 2.45) is 0 Å². The molecule has 2 rings (SSSR count). The lowest BCUT2D eigenvalue weighted by Gasteiger charge is -2.22. The molecule has 10 heteroatoms. The third-order valence-corrected chi connectivity index (χ3v) is 5.95. The first-order valence-electron chi connectivity index (χ1n) is 9.12. The number of ether oxygens (including phenoxy) is 1. The molecule has 0 aromatic heterocycles. The van der Waals surface area contributed by atoms with E-state index in [1.54, 1.807) is 31.3 Å². The van der Waals surface area contributed by atoms with Crippen molar-refractivity contribution in [3.63, 3.8) is 0 Å². The maximum absolute atomic E-state index is 12.5. The number of para-hydroxylation sites is 1. The first kappa shape index (κ1) is 23.7. The van der Waals surface area contributed by atoms with Gasteiger partial charge in [0.25, 0.3) is 0 Å². The molecule has 1 atom stereocenters. The van der Waals surface area contributed by atoms with Crippen LogP contribution in [0.3, 0.4) is 0 Å². The Bertz CT molecular complexity index is 996. The molecule has 8 nitrogen and oxygen atoms in total. The zero-order valence-corrected chi connectivity index (χ0v) is 18.5. The monoisotopic (exact) mass is 453 g/mol.